The molecule has 0 aromatic heterocycles. The summed E-state index contributed by atoms with van der Waals surface area (Å²) in [6.07, 6.45) is 0. The van der Waals surface area contributed by atoms with Gasteiger partial charge in [-0.2, -0.15) is 0 Å². The summed E-state index contributed by atoms with van der Waals surface area (Å²) in [4.78, 5) is 12.4. The fourth-order valence-corrected chi connectivity index (χ4v) is 2.38. The summed E-state index contributed by atoms with van der Waals surface area (Å²) in [6, 6.07) is 13.3. The Labute approximate surface area is 126 Å². The van der Waals surface area contributed by atoms with Crippen LogP contribution in [0.1, 0.15) is 42.3 Å². The van der Waals surface area contributed by atoms with Crippen molar-refractivity contribution in [3.63, 3.8) is 0 Å². The molecule has 0 unspecified atom stereocenters. The Morgan fingerprint density at radius 2 is 1.76 bits per heavy atom. The molecule has 110 valence electrons. The molecule has 0 aliphatic heterocycles. The molecule has 1 amide bonds. The summed E-state index contributed by atoms with van der Waals surface area (Å²) < 4.78 is 0. The number of rotatable bonds is 2. The van der Waals surface area contributed by atoms with Crippen LogP contribution in [0.3, 0.4) is 0 Å². The van der Waals surface area contributed by atoms with Crippen LogP contribution in [-0.2, 0) is 5.41 Å². The number of nitrogen functional groups attached to an aromatic ring is 1. The van der Waals surface area contributed by atoms with Crippen LogP contribution in [0.2, 0.25) is 0 Å². The summed E-state index contributed by atoms with van der Waals surface area (Å²) in [5.74, 6) is -0.137. The number of anilines is 2. The lowest BCUT2D eigenvalue weighted by Gasteiger charge is -2.23. The topological polar surface area (TPSA) is 55.1 Å². The molecule has 21 heavy (non-hydrogen) atoms. The number of amides is 1. The van der Waals surface area contributed by atoms with E-state index in [0.29, 0.717) is 11.3 Å². The SMILES string of the molecule is Cc1cc(N)cc(C(=O)Nc2ccccc2C(C)(C)C)c1. The highest BCUT2D eigenvalue weighted by molar-refractivity contribution is 6.05. The molecule has 0 heterocycles. The standard InChI is InChI=1S/C18H22N2O/c1-12-9-13(11-14(19)10-12)17(21)20-16-8-6-5-7-15(16)18(2,3)4/h5-11H,19H2,1-4H3,(H,20,21). The number of carbonyl (C=O) groups excluding carboxylic acids is 1. The molecule has 0 atom stereocenters. The normalized spacial score (nSPS) is 11.2. The van der Waals surface area contributed by atoms with Crippen LogP contribution in [0.25, 0.3) is 0 Å². The van der Waals surface area contributed by atoms with E-state index < -0.39 is 0 Å². The molecule has 0 radical (unpaired) electrons. The van der Waals surface area contributed by atoms with Gasteiger partial charge >= 0.3 is 0 Å². The van der Waals surface area contributed by atoms with Gasteiger partial charge in [-0.25, -0.2) is 0 Å². The van der Waals surface area contributed by atoms with E-state index in [-0.39, 0.29) is 11.3 Å². The van der Waals surface area contributed by atoms with Crippen LogP contribution >= 0.6 is 0 Å². The average molecular weight is 282 g/mol. The van der Waals surface area contributed by atoms with Crippen LogP contribution in [0.4, 0.5) is 11.4 Å². The number of nitrogens with one attached hydrogen (secondary N) is 1. The van der Waals surface area contributed by atoms with E-state index in [4.69, 9.17) is 5.73 Å². The Morgan fingerprint density at radius 1 is 1.10 bits per heavy atom. The third kappa shape index (κ3) is 3.63. The number of hydrogen-bond acceptors (Lipinski definition) is 2. The summed E-state index contributed by atoms with van der Waals surface area (Å²) in [5, 5.41) is 2.99. The molecule has 0 saturated heterocycles. The average Bonchev–Trinajstić information content (AvgIpc) is 2.37. The lowest BCUT2D eigenvalue weighted by atomic mass is 9.86. The number of benzene rings is 2. The lowest BCUT2D eigenvalue weighted by Crippen LogP contribution is -2.18. The maximum absolute atomic E-state index is 12.4. The second-order valence-electron chi connectivity index (χ2n) is 6.38. The Morgan fingerprint density at radius 3 is 2.38 bits per heavy atom. The first-order chi connectivity index (χ1) is 9.77. The van der Waals surface area contributed by atoms with Crippen molar-refractivity contribution in [3.8, 4) is 0 Å². The molecule has 3 nitrogen and oxygen atoms in total. The second-order valence-corrected chi connectivity index (χ2v) is 6.38. The van der Waals surface area contributed by atoms with E-state index >= 15 is 0 Å². The Bertz CT molecular complexity index is 649. The van der Waals surface area contributed by atoms with Gasteiger partial charge in [0.05, 0.1) is 0 Å². The van der Waals surface area contributed by atoms with Crippen molar-refractivity contribution in [1.82, 2.24) is 0 Å². The highest BCUT2D eigenvalue weighted by atomic mass is 16.1. The van der Waals surface area contributed by atoms with Gasteiger partial charge < -0.3 is 11.1 Å². The third-order valence-corrected chi connectivity index (χ3v) is 3.35. The van der Waals surface area contributed by atoms with E-state index in [9.17, 15) is 4.79 Å². The van der Waals surface area contributed by atoms with Gasteiger partial charge in [-0.15, -0.1) is 0 Å². The molecule has 3 N–H and O–H groups in total. The van der Waals surface area contributed by atoms with Crippen molar-refractivity contribution in [2.24, 2.45) is 0 Å². The zero-order valence-corrected chi connectivity index (χ0v) is 13.0. The van der Waals surface area contributed by atoms with Crippen molar-refractivity contribution in [3.05, 3.63) is 59.2 Å². The monoisotopic (exact) mass is 282 g/mol. The first-order valence-electron chi connectivity index (χ1n) is 7.05. The van der Waals surface area contributed by atoms with Gasteiger partial charge in [-0.3, -0.25) is 4.79 Å². The van der Waals surface area contributed by atoms with Gasteiger partial charge in [0.25, 0.3) is 5.91 Å². The van der Waals surface area contributed by atoms with Crippen LogP contribution in [0.5, 0.6) is 0 Å². The number of hydrogen-bond donors (Lipinski definition) is 2. The summed E-state index contributed by atoms with van der Waals surface area (Å²) in [5.41, 5.74) is 9.89. The fraction of sp³-hybridized carbons (Fsp3) is 0.278. The summed E-state index contributed by atoms with van der Waals surface area (Å²) in [7, 11) is 0. The van der Waals surface area contributed by atoms with Crippen LogP contribution in [0, 0.1) is 6.92 Å². The molecule has 0 spiro atoms. The molecule has 2 aromatic carbocycles. The third-order valence-electron chi connectivity index (χ3n) is 3.35. The number of carbonyl (C=O) groups is 1. The predicted octanol–water partition coefficient (Wildman–Crippen LogP) is 4.13. The molecule has 0 fully saturated rings. The minimum atomic E-state index is -0.137. The van der Waals surface area contributed by atoms with E-state index in [1.165, 1.54) is 0 Å². The summed E-state index contributed by atoms with van der Waals surface area (Å²) >= 11 is 0. The molecule has 0 saturated carbocycles. The van der Waals surface area contributed by atoms with Crippen molar-refractivity contribution in [2.45, 2.75) is 33.1 Å². The molecule has 2 aromatic rings. The van der Waals surface area contributed by atoms with Gasteiger partial charge in [0, 0.05) is 16.9 Å². The van der Waals surface area contributed by atoms with Crippen molar-refractivity contribution < 1.29 is 4.79 Å². The minimum Gasteiger partial charge on any atom is -0.399 e. The summed E-state index contributed by atoms with van der Waals surface area (Å²) in [6.45, 7) is 8.31. The van der Waals surface area contributed by atoms with Gasteiger partial charge in [-0.1, -0.05) is 39.0 Å². The Kier molecular flexibility index (Phi) is 4.03. The van der Waals surface area contributed by atoms with Gasteiger partial charge in [0.15, 0.2) is 0 Å². The highest BCUT2D eigenvalue weighted by Gasteiger charge is 2.19. The maximum atomic E-state index is 12.4. The molecular formula is C18H22N2O. The van der Waals surface area contributed by atoms with Crippen LogP contribution < -0.4 is 11.1 Å². The van der Waals surface area contributed by atoms with E-state index in [2.05, 4.69) is 26.1 Å². The first-order valence-corrected chi connectivity index (χ1v) is 7.05. The van der Waals surface area contributed by atoms with Crippen LogP contribution in [-0.4, -0.2) is 5.91 Å². The van der Waals surface area contributed by atoms with E-state index in [1.54, 1.807) is 6.07 Å². The number of nitrogens with two attached hydrogens (primary N) is 1. The Hall–Kier alpha value is -2.29. The molecule has 2 rings (SSSR count). The maximum Gasteiger partial charge on any atom is 0.255 e. The lowest BCUT2D eigenvalue weighted by molar-refractivity contribution is 0.102. The largest absolute Gasteiger partial charge is 0.399 e. The molecule has 3 heteroatoms. The van der Waals surface area contributed by atoms with Crippen molar-refractivity contribution >= 4 is 17.3 Å². The van der Waals surface area contributed by atoms with Crippen LogP contribution in [0.15, 0.2) is 42.5 Å². The van der Waals surface area contributed by atoms with Crippen molar-refractivity contribution in [1.29, 1.82) is 0 Å². The molecule has 0 aliphatic rings. The predicted molar refractivity (Wildman–Crippen MR) is 88.7 cm³/mol. The molecular weight excluding hydrogens is 260 g/mol. The first kappa shape index (κ1) is 15.1. The smallest absolute Gasteiger partial charge is 0.255 e. The zero-order valence-electron chi connectivity index (χ0n) is 13.0. The fourth-order valence-electron chi connectivity index (χ4n) is 2.38. The minimum absolute atomic E-state index is 0.0322. The molecule has 0 aliphatic carbocycles. The highest BCUT2D eigenvalue weighted by Crippen LogP contribution is 2.29. The van der Waals surface area contributed by atoms with Crippen molar-refractivity contribution in [2.75, 3.05) is 11.1 Å². The van der Waals surface area contributed by atoms with Gasteiger partial charge in [-0.05, 0) is 47.7 Å². The second kappa shape index (κ2) is 5.60. The van der Waals surface area contributed by atoms with Gasteiger partial charge in [0.2, 0.25) is 0 Å². The van der Waals surface area contributed by atoms with E-state index in [1.807, 2.05) is 43.3 Å². The molecule has 0 bridgehead atoms. The Balaban J connectivity index is 2.32. The quantitative estimate of drug-likeness (QED) is 0.814. The number of aryl methyl sites for hydroxylation is 1. The number of para-hydroxylation sites is 1. The van der Waals surface area contributed by atoms with Gasteiger partial charge in [0.1, 0.15) is 0 Å². The zero-order chi connectivity index (χ0) is 15.6. The van der Waals surface area contributed by atoms with E-state index in [0.717, 1.165) is 16.8 Å².